The van der Waals surface area contributed by atoms with Crippen LogP contribution in [-0.4, -0.2) is 38.4 Å². The fourth-order valence-electron chi connectivity index (χ4n) is 1.89. The smallest absolute Gasteiger partial charge is 0.325 e. The van der Waals surface area contributed by atoms with Crippen molar-refractivity contribution in [1.29, 1.82) is 0 Å². The Morgan fingerprint density at radius 3 is 2.40 bits per heavy atom. The Labute approximate surface area is 121 Å². The Kier molecular flexibility index (Phi) is 4.01. The minimum Gasteiger partial charge on any atom is -0.325 e. The van der Waals surface area contributed by atoms with Gasteiger partial charge in [-0.3, -0.25) is 4.79 Å². The number of nitrogens with zero attached hydrogens (tertiary/aromatic N) is 1. The predicted octanol–water partition coefficient (Wildman–Crippen LogP) is 1.20. The van der Waals surface area contributed by atoms with E-state index in [1.807, 2.05) is 0 Å². The molecule has 1 N–H and O–H groups in total. The van der Waals surface area contributed by atoms with Crippen LogP contribution >= 0.6 is 11.6 Å². The first kappa shape index (κ1) is 14.8. The summed E-state index contributed by atoms with van der Waals surface area (Å²) < 4.78 is 22.2. The molecule has 1 aromatic carbocycles. The summed E-state index contributed by atoms with van der Waals surface area (Å²) in [6.07, 6.45) is 1.15. The number of benzene rings is 1. The molecule has 0 aromatic heterocycles. The second-order valence-corrected chi connectivity index (χ2v) is 7.27. The van der Waals surface area contributed by atoms with Crippen LogP contribution in [0.5, 0.6) is 0 Å². The number of hydrogen-bond donors (Lipinski definition) is 1. The van der Waals surface area contributed by atoms with Gasteiger partial charge in [-0.1, -0.05) is 11.6 Å². The van der Waals surface area contributed by atoms with Crippen molar-refractivity contribution in [1.82, 2.24) is 5.32 Å². The molecule has 1 unspecified atom stereocenters. The first-order chi connectivity index (χ1) is 9.28. The predicted molar refractivity (Wildman–Crippen MR) is 75.6 cm³/mol. The van der Waals surface area contributed by atoms with Crippen molar-refractivity contribution in [3.8, 4) is 0 Å². The summed E-state index contributed by atoms with van der Waals surface area (Å²) in [5.74, 6) is -0.612. The van der Waals surface area contributed by atoms with Crippen LogP contribution in [-0.2, 0) is 14.6 Å². The highest BCUT2D eigenvalue weighted by molar-refractivity contribution is 7.90. The zero-order valence-corrected chi connectivity index (χ0v) is 12.2. The van der Waals surface area contributed by atoms with E-state index >= 15 is 0 Å². The van der Waals surface area contributed by atoms with E-state index in [-0.39, 0.29) is 12.2 Å². The Balaban J connectivity index is 2.15. The molecule has 2 rings (SSSR count). The number of imide groups is 1. The lowest BCUT2D eigenvalue weighted by atomic mass is 10.2. The van der Waals surface area contributed by atoms with E-state index in [1.54, 1.807) is 24.3 Å². The molecule has 0 radical (unpaired) electrons. The molecule has 20 heavy (non-hydrogen) atoms. The van der Waals surface area contributed by atoms with E-state index < -0.39 is 27.8 Å². The van der Waals surface area contributed by atoms with Gasteiger partial charge in [0, 0.05) is 11.3 Å². The molecule has 0 aliphatic carbocycles. The summed E-state index contributed by atoms with van der Waals surface area (Å²) >= 11 is 5.75. The lowest BCUT2D eigenvalue weighted by Crippen LogP contribution is -2.32. The standard InChI is InChI=1S/C12H13ClN2O4S/c1-20(18,19)7-6-10-11(16)15(12(17)14-10)9-4-2-8(13)3-5-9/h2-5,10H,6-7H2,1H3,(H,14,17). The van der Waals surface area contributed by atoms with Crippen molar-refractivity contribution in [2.24, 2.45) is 0 Å². The van der Waals surface area contributed by atoms with E-state index in [0.717, 1.165) is 11.2 Å². The van der Waals surface area contributed by atoms with Gasteiger partial charge in [0.1, 0.15) is 15.9 Å². The van der Waals surface area contributed by atoms with Crippen LogP contribution in [0.15, 0.2) is 24.3 Å². The highest BCUT2D eigenvalue weighted by Gasteiger charge is 2.39. The van der Waals surface area contributed by atoms with E-state index in [2.05, 4.69) is 5.32 Å². The van der Waals surface area contributed by atoms with Crippen molar-refractivity contribution in [3.63, 3.8) is 0 Å². The lowest BCUT2D eigenvalue weighted by Gasteiger charge is -2.12. The largest absolute Gasteiger partial charge is 0.329 e. The van der Waals surface area contributed by atoms with Gasteiger partial charge in [0.05, 0.1) is 11.4 Å². The molecule has 8 heteroatoms. The quantitative estimate of drug-likeness (QED) is 0.846. The third-order valence-electron chi connectivity index (χ3n) is 2.88. The summed E-state index contributed by atoms with van der Waals surface area (Å²) in [6, 6.07) is 4.88. The molecule has 1 heterocycles. The maximum absolute atomic E-state index is 12.1. The average Bonchev–Trinajstić information content (AvgIpc) is 2.63. The van der Waals surface area contributed by atoms with Crippen LogP contribution in [0.4, 0.5) is 10.5 Å². The third kappa shape index (κ3) is 3.29. The van der Waals surface area contributed by atoms with Crippen molar-refractivity contribution in [2.75, 3.05) is 16.9 Å². The number of nitrogens with one attached hydrogen (secondary N) is 1. The summed E-state index contributed by atoms with van der Waals surface area (Å²) in [5.41, 5.74) is 0.402. The van der Waals surface area contributed by atoms with Gasteiger partial charge in [0.25, 0.3) is 5.91 Å². The highest BCUT2D eigenvalue weighted by atomic mass is 35.5. The third-order valence-corrected chi connectivity index (χ3v) is 4.11. The number of anilines is 1. The zero-order valence-electron chi connectivity index (χ0n) is 10.7. The molecule has 3 amide bonds. The minimum atomic E-state index is -3.18. The molecule has 1 aromatic rings. The zero-order chi connectivity index (χ0) is 14.9. The van der Waals surface area contributed by atoms with Crippen LogP contribution < -0.4 is 10.2 Å². The molecule has 1 aliphatic heterocycles. The highest BCUT2D eigenvalue weighted by Crippen LogP contribution is 2.22. The number of halogens is 1. The van der Waals surface area contributed by atoms with Crippen molar-refractivity contribution < 1.29 is 18.0 Å². The molecular formula is C12H13ClN2O4S. The van der Waals surface area contributed by atoms with Gasteiger partial charge in [-0.05, 0) is 30.7 Å². The fourth-order valence-corrected chi connectivity index (χ4v) is 2.68. The monoisotopic (exact) mass is 316 g/mol. The van der Waals surface area contributed by atoms with Crippen LogP contribution in [0.1, 0.15) is 6.42 Å². The second kappa shape index (κ2) is 5.41. The van der Waals surface area contributed by atoms with Crippen LogP contribution in [0.2, 0.25) is 5.02 Å². The summed E-state index contributed by atoms with van der Waals surface area (Å²) in [6.45, 7) is 0. The van der Waals surface area contributed by atoms with Gasteiger partial charge >= 0.3 is 6.03 Å². The minimum absolute atomic E-state index is 0.0630. The fraction of sp³-hybridized carbons (Fsp3) is 0.333. The van der Waals surface area contributed by atoms with Crippen molar-refractivity contribution in [3.05, 3.63) is 29.3 Å². The number of hydrogen-bond acceptors (Lipinski definition) is 4. The summed E-state index contributed by atoms with van der Waals surface area (Å²) in [5, 5.41) is 2.97. The second-order valence-electron chi connectivity index (χ2n) is 4.57. The molecule has 6 nitrogen and oxygen atoms in total. The Morgan fingerprint density at radius 2 is 1.85 bits per heavy atom. The number of sulfone groups is 1. The van der Waals surface area contributed by atoms with Crippen LogP contribution in [0.3, 0.4) is 0 Å². The van der Waals surface area contributed by atoms with E-state index in [0.29, 0.717) is 10.7 Å². The molecule has 1 fully saturated rings. The summed E-state index contributed by atoms with van der Waals surface area (Å²) in [7, 11) is -3.18. The number of amides is 3. The van der Waals surface area contributed by atoms with Crippen molar-refractivity contribution in [2.45, 2.75) is 12.5 Å². The Morgan fingerprint density at radius 1 is 1.25 bits per heavy atom. The molecule has 0 saturated carbocycles. The Bertz CT molecular complexity index is 642. The van der Waals surface area contributed by atoms with Crippen LogP contribution in [0.25, 0.3) is 0 Å². The maximum Gasteiger partial charge on any atom is 0.329 e. The molecule has 0 bridgehead atoms. The summed E-state index contributed by atoms with van der Waals surface area (Å²) in [4.78, 5) is 24.9. The topological polar surface area (TPSA) is 83.6 Å². The van der Waals surface area contributed by atoms with Gasteiger partial charge < -0.3 is 5.32 Å². The number of carbonyl (C=O) groups is 2. The average molecular weight is 317 g/mol. The van der Waals surface area contributed by atoms with Gasteiger partial charge in [-0.2, -0.15) is 0 Å². The molecule has 0 spiro atoms. The number of rotatable bonds is 4. The molecule has 1 aliphatic rings. The van der Waals surface area contributed by atoms with Gasteiger partial charge in [-0.25, -0.2) is 18.1 Å². The lowest BCUT2D eigenvalue weighted by molar-refractivity contribution is -0.118. The number of carbonyl (C=O) groups excluding carboxylic acids is 2. The normalized spacial score (nSPS) is 19.3. The van der Waals surface area contributed by atoms with Crippen molar-refractivity contribution >= 4 is 39.1 Å². The Hall–Kier alpha value is -1.60. The first-order valence-corrected chi connectivity index (χ1v) is 8.29. The molecule has 1 atom stereocenters. The maximum atomic E-state index is 12.1. The molecule has 108 valence electrons. The van der Waals surface area contributed by atoms with E-state index in [1.165, 1.54) is 0 Å². The van der Waals surface area contributed by atoms with Gasteiger partial charge in [-0.15, -0.1) is 0 Å². The van der Waals surface area contributed by atoms with E-state index in [9.17, 15) is 18.0 Å². The molecule has 1 saturated heterocycles. The van der Waals surface area contributed by atoms with Crippen LogP contribution in [0, 0.1) is 0 Å². The van der Waals surface area contributed by atoms with Gasteiger partial charge in [0.15, 0.2) is 0 Å². The SMILES string of the molecule is CS(=O)(=O)CCC1NC(=O)N(c2ccc(Cl)cc2)C1=O. The van der Waals surface area contributed by atoms with E-state index in [4.69, 9.17) is 11.6 Å². The number of urea groups is 1. The molecular weight excluding hydrogens is 304 g/mol. The van der Waals surface area contributed by atoms with Gasteiger partial charge in [0.2, 0.25) is 0 Å². The first-order valence-electron chi connectivity index (χ1n) is 5.86.